The van der Waals surface area contributed by atoms with Crippen LogP contribution in [0.4, 0.5) is 27.9 Å². The van der Waals surface area contributed by atoms with Gasteiger partial charge in [0.05, 0.1) is 53.1 Å². The number of nitrogens with one attached hydrogen (secondary N) is 1. The Kier molecular flexibility index (Phi) is 4.41. The fourth-order valence-electron chi connectivity index (χ4n) is 4.47. The van der Waals surface area contributed by atoms with Crippen molar-refractivity contribution in [3.8, 4) is 17.0 Å². The molecule has 4 aromatic rings. The van der Waals surface area contributed by atoms with Crippen LogP contribution in [0.1, 0.15) is 20.5 Å². The number of methoxy groups -OCH3 is 1. The van der Waals surface area contributed by atoms with Crippen molar-refractivity contribution in [1.82, 2.24) is 29.0 Å². The molecule has 5 rings (SSSR count). The lowest BCUT2D eigenvalue weighted by Crippen LogP contribution is -2.53. The zero-order valence-corrected chi connectivity index (χ0v) is 18.8. The van der Waals surface area contributed by atoms with E-state index in [2.05, 4.69) is 20.4 Å². The van der Waals surface area contributed by atoms with Crippen molar-refractivity contribution in [3.63, 3.8) is 0 Å². The average molecular weight is 516 g/mol. The Balaban J connectivity index is 1.59. The second-order valence-corrected chi connectivity index (χ2v) is 8.52. The van der Waals surface area contributed by atoms with Crippen LogP contribution in [-0.4, -0.2) is 74.5 Å². The minimum atomic E-state index is -3.54. The van der Waals surface area contributed by atoms with Gasteiger partial charge in [-0.3, -0.25) is 0 Å². The SMILES string of the molecule is [2H]C([2H])([2H])Oc1nc(NC2CCN(C([2H])([2H])[2H])CC2(F)F)nn2cc(F)c(-c3ccc4nc(C)n(CC(F)F)c4c3)c12. The lowest BCUT2D eigenvalue weighted by molar-refractivity contribution is -0.0675. The van der Waals surface area contributed by atoms with E-state index in [4.69, 9.17) is 13.0 Å². The first-order chi connectivity index (χ1) is 19.4. The predicted molar refractivity (Wildman–Crippen MR) is 123 cm³/mol. The minimum Gasteiger partial charge on any atom is -0.479 e. The van der Waals surface area contributed by atoms with E-state index in [9.17, 15) is 17.6 Å². The molecule has 1 fully saturated rings. The highest BCUT2D eigenvalue weighted by Gasteiger charge is 2.44. The van der Waals surface area contributed by atoms with Gasteiger partial charge in [-0.05, 0) is 38.0 Å². The summed E-state index contributed by atoms with van der Waals surface area (Å²) in [5, 5.41) is 6.45. The van der Waals surface area contributed by atoms with Crippen molar-refractivity contribution in [1.29, 1.82) is 0 Å². The first-order valence-corrected chi connectivity index (χ1v) is 10.9. The van der Waals surface area contributed by atoms with Crippen LogP contribution in [-0.2, 0) is 6.54 Å². The Bertz CT molecular complexity index is 1640. The van der Waals surface area contributed by atoms with Gasteiger partial charge in [0.15, 0.2) is 5.82 Å². The summed E-state index contributed by atoms with van der Waals surface area (Å²) in [4.78, 5) is 8.87. The van der Waals surface area contributed by atoms with Crippen LogP contribution in [0.5, 0.6) is 5.88 Å². The molecular weight excluding hydrogens is 485 g/mol. The van der Waals surface area contributed by atoms with Crippen molar-refractivity contribution in [2.24, 2.45) is 0 Å². The summed E-state index contributed by atoms with van der Waals surface area (Å²) in [5.41, 5.74) is 0.303. The lowest BCUT2D eigenvalue weighted by Gasteiger charge is -2.36. The molecule has 13 heteroatoms. The van der Waals surface area contributed by atoms with E-state index < -0.39 is 63.1 Å². The quantitative estimate of drug-likeness (QED) is 0.388. The number of halogens is 5. The number of rotatable bonds is 6. The second-order valence-electron chi connectivity index (χ2n) is 8.52. The Morgan fingerprint density at radius 3 is 2.86 bits per heavy atom. The van der Waals surface area contributed by atoms with Gasteiger partial charge in [0.2, 0.25) is 11.8 Å². The Hall–Kier alpha value is -3.48. The number of piperidine rings is 1. The number of ether oxygens (including phenoxy) is 1. The Morgan fingerprint density at radius 1 is 1.31 bits per heavy atom. The van der Waals surface area contributed by atoms with Gasteiger partial charge < -0.3 is 19.5 Å². The van der Waals surface area contributed by atoms with Gasteiger partial charge in [-0.1, -0.05) is 6.07 Å². The average Bonchev–Trinajstić information content (AvgIpc) is 3.33. The van der Waals surface area contributed by atoms with E-state index in [1.807, 2.05) is 0 Å². The van der Waals surface area contributed by atoms with E-state index in [-0.39, 0.29) is 35.1 Å². The third-order valence-electron chi connectivity index (χ3n) is 6.10. The maximum Gasteiger partial charge on any atom is 0.280 e. The highest BCUT2D eigenvalue weighted by atomic mass is 19.3. The summed E-state index contributed by atoms with van der Waals surface area (Å²) in [7, 11) is -3.09. The van der Waals surface area contributed by atoms with Crippen LogP contribution < -0.4 is 10.1 Å². The minimum absolute atomic E-state index is 0.140. The van der Waals surface area contributed by atoms with Crippen LogP contribution in [0.2, 0.25) is 0 Å². The standard InChI is InChI=1S/C23H24F5N7O/c1-12-29-15-5-4-13(8-16(15)34(12)10-18(25)26)19-14(24)9-35-20(19)21(36-3)31-22(32-35)30-17-6-7-33(2)11-23(17,27)28/h4-5,8-9,17-18H,6-7,10-11H2,1-3H3,(H,30,32)/i2D3,3D3. The molecule has 0 spiro atoms. The van der Waals surface area contributed by atoms with Gasteiger partial charge in [0.1, 0.15) is 11.3 Å². The topological polar surface area (TPSA) is 72.5 Å². The number of hydrogen-bond acceptors (Lipinski definition) is 6. The van der Waals surface area contributed by atoms with Crippen molar-refractivity contribution in [2.75, 3.05) is 32.4 Å². The highest BCUT2D eigenvalue weighted by Crippen LogP contribution is 2.36. The normalized spacial score (nSPS) is 21.6. The number of aromatic nitrogens is 5. The number of nitrogens with zero attached hydrogens (tertiary/aromatic N) is 6. The molecule has 1 atom stereocenters. The van der Waals surface area contributed by atoms with Crippen molar-refractivity contribution >= 4 is 22.5 Å². The van der Waals surface area contributed by atoms with E-state index in [0.29, 0.717) is 16.2 Å². The maximum atomic E-state index is 15.5. The molecule has 0 saturated carbocycles. The molecule has 0 radical (unpaired) electrons. The summed E-state index contributed by atoms with van der Waals surface area (Å²) in [6.45, 7) is -3.11. The Labute approximate surface area is 211 Å². The van der Waals surface area contributed by atoms with Gasteiger partial charge >= 0.3 is 0 Å². The number of hydrogen-bond donors (Lipinski definition) is 1. The number of imidazole rings is 1. The van der Waals surface area contributed by atoms with E-state index in [1.165, 1.54) is 29.7 Å². The zero-order valence-electron chi connectivity index (χ0n) is 24.8. The zero-order chi connectivity index (χ0) is 30.8. The molecule has 8 nitrogen and oxygen atoms in total. The monoisotopic (exact) mass is 515 g/mol. The summed E-state index contributed by atoms with van der Waals surface area (Å²) in [6.07, 6.45) is -2.15. The number of aryl methyl sites for hydroxylation is 1. The van der Waals surface area contributed by atoms with Gasteiger partial charge in [-0.2, -0.15) is 4.98 Å². The number of benzene rings is 1. The number of fused-ring (bicyclic) bond motifs is 2. The smallest absolute Gasteiger partial charge is 0.280 e. The first-order valence-electron chi connectivity index (χ1n) is 13.9. The third-order valence-corrected chi connectivity index (χ3v) is 6.10. The Morgan fingerprint density at radius 2 is 2.14 bits per heavy atom. The molecule has 192 valence electrons. The van der Waals surface area contributed by atoms with Crippen LogP contribution in [0, 0.1) is 12.7 Å². The summed E-state index contributed by atoms with van der Waals surface area (Å²) >= 11 is 0. The van der Waals surface area contributed by atoms with Crippen LogP contribution in [0.15, 0.2) is 24.4 Å². The molecule has 1 aliphatic heterocycles. The lowest BCUT2D eigenvalue weighted by atomic mass is 10.0. The molecule has 1 aromatic carbocycles. The van der Waals surface area contributed by atoms with E-state index >= 15 is 4.39 Å². The van der Waals surface area contributed by atoms with Crippen molar-refractivity contribution in [2.45, 2.75) is 38.3 Å². The van der Waals surface area contributed by atoms with Gasteiger partial charge in [0.25, 0.3) is 12.3 Å². The molecule has 4 heterocycles. The van der Waals surface area contributed by atoms with Crippen molar-refractivity contribution in [3.05, 3.63) is 36.0 Å². The van der Waals surface area contributed by atoms with Gasteiger partial charge in [-0.15, -0.1) is 5.10 Å². The molecule has 1 saturated heterocycles. The fourth-order valence-corrected chi connectivity index (χ4v) is 4.47. The highest BCUT2D eigenvalue weighted by molar-refractivity contribution is 5.90. The maximum absolute atomic E-state index is 15.5. The first kappa shape index (κ1) is 17.9. The number of alkyl halides is 4. The third kappa shape index (κ3) is 4.21. The molecule has 1 N–H and O–H groups in total. The fraction of sp³-hybridized carbons (Fsp3) is 0.435. The molecular formula is C23H24F5N7O. The predicted octanol–water partition coefficient (Wildman–Crippen LogP) is 4.22. The van der Waals surface area contributed by atoms with Crippen molar-refractivity contribution < 1.29 is 34.9 Å². The summed E-state index contributed by atoms with van der Waals surface area (Å²) < 4.78 is 124. The summed E-state index contributed by atoms with van der Waals surface area (Å²) in [5.74, 6) is -5.33. The largest absolute Gasteiger partial charge is 0.479 e. The number of anilines is 1. The van der Waals surface area contributed by atoms with Crippen LogP contribution in [0.25, 0.3) is 27.7 Å². The van der Waals surface area contributed by atoms with Gasteiger partial charge in [-0.25, -0.2) is 31.5 Å². The van der Waals surface area contributed by atoms with E-state index in [0.717, 1.165) is 10.7 Å². The number of likely N-dealkylation sites (tertiary alicyclic amines) is 1. The molecule has 0 bridgehead atoms. The van der Waals surface area contributed by atoms with E-state index in [1.54, 1.807) is 0 Å². The van der Waals surface area contributed by atoms with Gasteiger partial charge in [0, 0.05) is 10.7 Å². The molecule has 1 aliphatic rings. The molecule has 0 aliphatic carbocycles. The molecule has 1 unspecified atom stereocenters. The van der Waals surface area contributed by atoms with Crippen LogP contribution in [0.3, 0.4) is 0 Å². The second kappa shape index (κ2) is 8.87. The molecule has 0 amide bonds. The summed E-state index contributed by atoms with van der Waals surface area (Å²) in [6, 6.07) is 2.71. The molecule has 36 heavy (non-hydrogen) atoms. The molecule has 3 aromatic heterocycles. The van der Waals surface area contributed by atoms with Crippen LogP contribution >= 0.6 is 0 Å².